The Kier molecular flexibility index (Phi) is 93.2. The van der Waals surface area contributed by atoms with Crippen molar-refractivity contribution in [1.82, 2.24) is 0 Å². The second-order valence-electron chi connectivity index (χ2n) is 0.0583. The van der Waals surface area contributed by atoms with E-state index in [1.165, 1.54) is 0 Å². The van der Waals surface area contributed by atoms with E-state index in [0.29, 0.717) is 0 Å². The standard InChI is InChI=1S/Bi.Br2O.Cd.S/c;1-3-2;;/q+3;;+2;-2. The van der Waals surface area contributed by atoms with E-state index < -0.39 is 0 Å². The second-order valence-corrected chi connectivity index (χ2v) is 1.57. The Morgan fingerprint density at radius 1 is 1.17 bits per heavy atom. The van der Waals surface area contributed by atoms with Gasteiger partial charge in [0.2, 0.25) is 0 Å². The van der Waals surface area contributed by atoms with Crippen LogP contribution >= 0.6 is 32.5 Å². The normalized spacial score (nSPS) is 3.00. The first-order valence-corrected chi connectivity index (χ1v) is 1.60. The molecular formula is BiBr2CdOS+3. The van der Waals surface area contributed by atoms with Crippen LogP contribution in [0.2, 0.25) is 0 Å². The third-order valence-electron chi connectivity index (χ3n) is 0. The van der Waals surface area contributed by atoms with Crippen LogP contribution in [0.15, 0.2) is 0 Å². The summed E-state index contributed by atoms with van der Waals surface area (Å²) in [6.07, 6.45) is 0. The van der Waals surface area contributed by atoms with Gasteiger partial charge >= 0.3 is 53.5 Å². The molecule has 0 aliphatic heterocycles. The van der Waals surface area contributed by atoms with Crippen molar-refractivity contribution in [2.45, 2.75) is 0 Å². The molecule has 6 heteroatoms. The van der Waals surface area contributed by atoms with Gasteiger partial charge in [0.05, 0.1) is 0 Å². The van der Waals surface area contributed by atoms with E-state index >= 15 is 0 Å². The molecule has 0 bridgehead atoms. The molecule has 0 atom stereocenters. The van der Waals surface area contributed by atoms with E-state index in [1.54, 1.807) is 0 Å². The molecule has 0 spiro atoms. The summed E-state index contributed by atoms with van der Waals surface area (Å²) in [7, 11) is 0. The van der Waals surface area contributed by atoms with Crippen LogP contribution in [0.5, 0.6) is 0 Å². The number of hydrogen-bond donors (Lipinski definition) is 0. The van der Waals surface area contributed by atoms with Crippen molar-refractivity contribution in [2.75, 3.05) is 0 Å². The smallest absolute Gasteiger partial charge is 2.00 e. The van der Waals surface area contributed by atoms with Gasteiger partial charge < -0.3 is 13.5 Å². The van der Waals surface area contributed by atoms with Crippen LogP contribution < -0.4 is 0 Å². The van der Waals surface area contributed by atoms with Crippen molar-refractivity contribution in [3.8, 4) is 0 Å². The summed E-state index contributed by atoms with van der Waals surface area (Å²) in [4.78, 5) is 0. The predicted molar refractivity (Wildman–Crippen MR) is 32.1 cm³/mol. The summed E-state index contributed by atoms with van der Waals surface area (Å²) in [6.45, 7) is 0. The first kappa shape index (κ1) is 23.0. The molecule has 0 aliphatic carbocycles. The Morgan fingerprint density at radius 3 is 1.17 bits per heavy atom. The second kappa shape index (κ2) is 24.3. The molecule has 6 heavy (non-hydrogen) atoms. The van der Waals surface area contributed by atoms with E-state index in [9.17, 15) is 0 Å². The molecular weight excluding hydrogens is 529 g/mol. The summed E-state index contributed by atoms with van der Waals surface area (Å²) in [5.74, 6) is 0. The minimum Gasteiger partial charge on any atom is -2.00 e. The van der Waals surface area contributed by atoms with E-state index in [0.717, 1.165) is 0 Å². The van der Waals surface area contributed by atoms with E-state index in [4.69, 9.17) is 0 Å². The molecule has 0 aromatic carbocycles. The van der Waals surface area contributed by atoms with Gasteiger partial charge in [0.15, 0.2) is 0 Å². The van der Waals surface area contributed by atoms with Gasteiger partial charge in [-0.15, -0.1) is 0 Å². The summed E-state index contributed by atoms with van der Waals surface area (Å²) in [6, 6.07) is 0. The van der Waals surface area contributed by atoms with Gasteiger partial charge in [0, 0.05) is 0 Å². The molecule has 2 radical (unpaired) electrons. The molecule has 0 heterocycles. The summed E-state index contributed by atoms with van der Waals surface area (Å²) < 4.78 is 3.88. The van der Waals surface area contributed by atoms with Gasteiger partial charge in [-0.25, -0.2) is 2.92 Å². The molecule has 1 nitrogen and oxygen atoms in total. The van der Waals surface area contributed by atoms with Crippen LogP contribution in [0.4, 0.5) is 0 Å². The molecule has 0 aromatic rings. The van der Waals surface area contributed by atoms with E-state index in [-0.39, 0.29) is 67.0 Å². The Morgan fingerprint density at radius 2 is 1.17 bits per heavy atom. The van der Waals surface area contributed by atoms with E-state index in [2.05, 4.69) is 35.4 Å². The largest absolute Gasteiger partial charge is 3.00 e. The van der Waals surface area contributed by atoms with Gasteiger partial charge in [-0.05, 0) is 0 Å². The maximum atomic E-state index is 3.88. The zero-order valence-electron chi connectivity index (χ0n) is 2.73. The third-order valence-corrected chi connectivity index (χ3v) is 0. The van der Waals surface area contributed by atoms with Gasteiger partial charge in [0.1, 0.15) is 32.5 Å². The van der Waals surface area contributed by atoms with Gasteiger partial charge in [-0.1, -0.05) is 0 Å². The Labute approximate surface area is 101 Å². The average molecular weight is 529 g/mol. The van der Waals surface area contributed by atoms with Gasteiger partial charge in [-0.3, -0.25) is 0 Å². The van der Waals surface area contributed by atoms with Gasteiger partial charge in [-0.2, -0.15) is 0 Å². The van der Waals surface area contributed by atoms with Gasteiger partial charge in [0.25, 0.3) is 0 Å². The topological polar surface area (TPSA) is 9.23 Å². The van der Waals surface area contributed by atoms with Crippen molar-refractivity contribution in [3.63, 3.8) is 0 Å². The van der Waals surface area contributed by atoms with Crippen molar-refractivity contribution < 1.29 is 30.2 Å². The summed E-state index contributed by atoms with van der Waals surface area (Å²) in [5, 5.41) is 0. The van der Waals surface area contributed by atoms with Crippen molar-refractivity contribution in [2.24, 2.45) is 0 Å². The number of hydrogen-bond acceptors (Lipinski definition) is 1. The zero-order valence-corrected chi connectivity index (χ0v) is 14.2. The van der Waals surface area contributed by atoms with Crippen LogP contribution in [-0.2, 0) is 43.7 Å². The molecule has 0 amide bonds. The maximum Gasteiger partial charge on any atom is 3.00 e. The van der Waals surface area contributed by atoms with Crippen LogP contribution in [0.1, 0.15) is 0 Å². The van der Waals surface area contributed by atoms with Crippen LogP contribution in [-0.4, -0.2) is 26.2 Å². The van der Waals surface area contributed by atoms with Crippen LogP contribution in [0, 0.1) is 0 Å². The molecule has 30 valence electrons. The SMILES string of the molecule is BrOBr.[Bi+3].[Cd+2].[S-2]. The monoisotopic (exact) mass is 529 g/mol. The Bertz CT molecular complexity index is 13.5. The van der Waals surface area contributed by atoms with Crippen molar-refractivity contribution in [3.05, 3.63) is 0 Å². The fraction of sp³-hybridized carbons (Fsp3) is 0. The fourth-order valence-corrected chi connectivity index (χ4v) is 0. The minimum absolute atomic E-state index is 0. The molecule has 0 aliphatic rings. The first-order chi connectivity index (χ1) is 1.41. The number of halogens is 2. The molecule has 0 saturated heterocycles. The number of rotatable bonds is 0. The Balaban J connectivity index is -0.00000000667. The van der Waals surface area contributed by atoms with Crippen molar-refractivity contribution in [1.29, 1.82) is 0 Å². The molecule has 0 aromatic heterocycles. The third kappa shape index (κ3) is 27.6. The molecule has 0 rings (SSSR count). The summed E-state index contributed by atoms with van der Waals surface area (Å²) in [5.41, 5.74) is 0. The molecule has 0 saturated carbocycles. The summed E-state index contributed by atoms with van der Waals surface area (Å²) >= 11 is 5.12. The van der Waals surface area contributed by atoms with Crippen LogP contribution in [0.25, 0.3) is 0 Å². The fourth-order valence-electron chi connectivity index (χ4n) is 0. The predicted octanol–water partition coefficient (Wildman–Crippen LogP) is 1.24. The molecule has 0 N–H and O–H groups in total. The zero-order chi connectivity index (χ0) is 2.71. The van der Waals surface area contributed by atoms with Crippen molar-refractivity contribution >= 4 is 72.2 Å². The molecule has 0 unspecified atom stereocenters. The van der Waals surface area contributed by atoms with Crippen LogP contribution in [0.3, 0.4) is 0 Å². The Hall–Kier alpha value is 3.08. The molecule has 0 fully saturated rings. The maximum absolute atomic E-state index is 3.88. The first-order valence-electron chi connectivity index (χ1n) is 0.309. The van der Waals surface area contributed by atoms with E-state index in [1.807, 2.05) is 0 Å². The quantitative estimate of drug-likeness (QED) is 0.430. The minimum atomic E-state index is 0. The average Bonchev–Trinajstić information content (AvgIpc) is 0.918.